The van der Waals surface area contributed by atoms with Crippen LogP contribution in [0.5, 0.6) is 0 Å². The molecule has 25 heavy (non-hydrogen) atoms. The first-order valence-corrected chi connectivity index (χ1v) is 8.92. The molecule has 3 aliphatic rings. The van der Waals surface area contributed by atoms with Crippen molar-refractivity contribution >= 4 is 11.9 Å². The van der Waals surface area contributed by atoms with Crippen LogP contribution >= 0.6 is 0 Å². The number of aryl methyl sites for hydroxylation is 1. The molecular formula is C20H23NO4. The van der Waals surface area contributed by atoms with Gasteiger partial charge in [0.15, 0.2) is 0 Å². The molecule has 0 aliphatic carbocycles. The first-order chi connectivity index (χ1) is 12.0. The molecule has 0 aromatic heterocycles. The van der Waals surface area contributed by atoms with Crippen molar-refractivity contribution in [2.75, 3.05) is 13.2 Å². The van der Waals surface area contributed by atoms with Crippen LogP contribution in [0.3, 0.4) is 0 Å². The van der Waals surface area contributed by atoms with Crippen LogP contribution in [0, 0.1) is 18.8 Å². The number of carbonyl (C=O) groups is 2. The maximum atomic E-state index is 13.0. The van der Waals surface area contributed by atoms with Crippen LogP contribution in [-0.2, 0) is 25.6 Å². The van der Waals surface area contributed by atoms with E-state index in [9.17, 15) is 9.59 Å². The van der Waals surface area contributed by atoms with Crippen LogP contribution in [0.15, 0.2) is 36.4 Å². The molecule has 4 rings (SSSR count). The van der Waals surface area contributed by atoms with Gasteiger partial charge in [0.2, 0.25) is 5.91 Å². The third-order valence-corrected chi connectivity index (χ3v) is 5.39. The van der Waals surface area contributed by atoms with Gasteiger partial charge >= 0.3 is 5.97 Å². The molecule has 1 aromatic rings. The minimum atomic E-state index is -0.664. The van der Waals surface area contributed by atoms with Crippen LogP contribution in [-0.4, -0.2) is 41.6 Å². The summed E-state index contributed by atoms with van der Waals surface area (Å²) >= 11 is 0. The summed E-state index contributed by atoms with van der Waals surface area (Å²) in [6, 6.07) is 8.16. The van der Waals surface area contributed by atoms with E-state index in [2.05, 4.69) is 0 Å². The Morgan fingerprint density at radius 3 is 2.84 bits per heavy atom. The first kappa shape index (κ1) is 16.3. The Bertz CT molecular complexity index is 726. The van der Waals surface area contributed by atoms with Crippen molar-refractivity contribution in [3.05, 3.63) is 47.5 Å². The summed E-state index contributed by atoms with van der Waals surface area (Å²) in [5.41, 5.74) is 1.61. The molecule has 0 radical (unpaired) electrons. The molecule has 3 aliphatic heterocycles. The normalized spacial score (nSPS) is 32.3. The number of rotatable bonds is 5. The zero-order valence-electron chi connectivity index (χ0n) is 14.6. The van der Waals surface area contributed by atoms with E-state index < -0.39 is 17.4 Å². The van der Waals surface area contributed by atoms with Crippen molar-refractivity contribution in [3.63, 3.8) is 0 Å². The summed E-state index contributed by atoms with van der Waals surface area (Å²) in [5.74, 6) is -1.30. The number of fused-ring (bicyclic) bond motifs is 1. The minimum Gasteiger partial charge on any atom is -0.465 e. The van der Waals surface area contributed by atoms with E-state index in [1.165, 1.54) is 5.56 Å². The maximum absolute atomic E-state index is 13.0. The lowest BCUT2D eigenvalue weighted by molar-refractivity contribution is -0.153. The Kier molecular flexibility index (Phi) is 3.91. The molecule has 2 bridgehead atoms. The minimum absolute atomic E-state index is 0.00845. The molecule has 5 heteroatoms. The van der Waals surface area contributed by atoms with Gasteiger partial charge in [0.05, 0.1) is 25.2 Å². The number of nitrogens with zero attached hydrogens (tertiary/aromatic N) is 1. The first-order valence-electron chi connectivity index (χ1n) is 8.92. The van der Waals surface area contributed by atoms with Crippen molar-refractivity contribution in [1.82, 2.24) is 4.90 Å². The summed E-state index contributed by atoms with van der Waals surface area (Å²) in [7, 11) is 0. The monoisotopic (exact) mass is 341 g/mol. The molecule has 2 saturated heterocycles. The largest absolute Gasteiger partial charge is 0.465 e. The van der Waals surface area contributed by atoms with E-state index in [0.29, 0.717) is 19.7 Å². The summed E-state index contributed by atoms with van der Waals surface area (Å²) in [4.78, 5) is 27.3. The number of ether oxygens (including phenoxy) is 2. The van der Waals surface area contributed by atoms with E-state index in [4.69, 9.17) is 9.47 Å². The average molecular weight is 341 g/mol. The van der Waals surface area contributed by atoms with Crippen molar-refractivity contribution < 1.29 is 19.1 Å². The van der Waals surface area contributed by atoms with Crippen LogP contribution < -0.4 is 0 Å². The van der Waals surface area contributed by atoms with Gasteiger partial charge in [-0.2, -0.15) is 0 Å². The number of carbonyl (C=O) groups excluding carboxylic acids is 2. The molecule has 132 valence electrons. The molecule has 1 aromatic carbocycles. The number of esters is 1. The zero-order valence-corrected chi connectivity index (χ0v) is 14.6. The third kappa shape index (κ3) is 2.58. The molecule has 3 heterocycles. The Morgan fingerprint density at radius 2 is 2.12 bits per heavy atom. The highest BCUT2D eigenvalue weighted by atomic mass is 16.6. The van der Waals surface area contributed by atoms with Crippen molar-refractivity contribution in [2.24, 2.45) is 11.8 Å². The molecule has 0 unspecified atom stereocenters. The Labute approximate surface area is 147 Å². The van der Waals surface area contributed by atoms with E-state index in [0.717, 1.165) is 12.0 Å². The lowest BCUT2D eigenvalue weighted by Crippen LogP contribution is -2.40. The summed E-state index contributed by atoms with van der Waals surface area (Å²) < 4.78 is 11.4. The molecule has 5 nitrogen and oxygen atoms in total. The van der Waals surface area contributed by atoms with Gasteiger partial charge in [0.1, 0.15) is 11.5 Å². The molecular weight excluding hydrogens is 318 g/mol. The number of amides is 1. The molecule has 1 spiro atoms. The molecule has 2 fully saturated rings. The summed E-state index contributed by atoms with van der Waals surface area (Å²) in [6.07, 6.45) is 4.32. The third-order valence-electron chi connectivity index (χ3n) is 5.39. The standard InChI is InChI=1S/C20H23NO4/c1-3-10-24-19(23)16-15-8-9-20(25-15)12-21(18(22)17(16)20)11-14-6-4-13(2)5-7-14/h4-9,15-17H,3,10-12H2,1-2H3/t15-,16-,17+,20+/m1/s1. The fourth-order valence-electron chi connectivity index (χ4n) is 4.19. The van der Waals surface area contributed by atoms with Crippen molar-refractivity contribution in [3.8, 4) is 0 Å². The average Bonchev–Trinajstić information content (AvgIpc) is 3.23. The second-order valence-corrected chi connectivity index (χ2v) is 7.25. The van der Waals surface area contributed by atoms with Crippen LogP contribution in [0.2, 0.25) is 0 Å². The maximum Gasteiger partial charge on any atom is 0.312 e. The van der Waals surface area contributed by atoms with Gasteiger partial charge in [-0.05, 0) is 18.9 Å². The Balaban J connectivity index is 1.55. The lowest BCUT2D eigenvalue weighted by Gasteiger charge is -2.22. The fourth-order valence-corrected chi connectivity index (χ4v) is 4.19. The molecule has 0 saturated carbocycles. The molecule has 1 amide bonds. The SMILES string of the molecule is CCCOC(=O)[C@H]1[C@H]2C(=O)N(Cc3ccc(C)cc3)C[C@@]23C=C[C@H]1O3. The summed E-state index contributed by atoms with van der Waals surface area (Å²) in [6.45, 7) is 5.41. The number of likely N-dealkylation sites (tertiary alicyclic amines) is 1. The number of benzene rings is 1. The lowest BCUT2D eigenvalue weighted by atomic mass is 9.77. The summed E-state index contributed by atoms with van der Waals surface area (Å²) in [5, 5.41) is 0. The van der Waals surface area contributed by atoms with Crippen LogP contribution in [0.25, 0.3) is 0 Å². The molecule has 0 N–H and O–H groups in total. The van der Waals surface area contributed by atoms with Gasteiger partial charge in [0, 0.05) is 6.54 Å². The topological polar surface area (TPSA) is 55.8 Å². The zero-order chi connectivity index (χ0) is 17.6. The highest BCUT2D eigenvalue weighted by Gasteiger charge is 2.67. The van der Waals surface area contributed by atoms with Gasteiger partial charge in [-0.25, -0.2) is 0 Å². The second-order valence-electron chi connectivity index (χ2n) is 7.25. The highest BCUT2D eigenvalue weighted by Crippen LogP contribution is 2.52. The van der Waals surface area contributed by atoms with Gasteiger partial charge in [-0.1, -0.05) is 48.9 Å². The highest BCUT2D eigenvalue weighted by molar-refractivity contribution is 5.91. The van der Waals surface area contributed by atoms with Crippen LogP contribution in [0.1, 0.15) is 24.5 Å². The Hall–Kier alpha value is -2.14. The smallest absolute Gasteiger partial charge is 0.312 e. The second kappa shape index (κ2) is 5.99. The van der Waals surface area contributed by atoms with E-state index in [1.807, 2.05) is 50.3 Å². The van der Waals surface area contributed by atoms with Gasteiger partial charge in [-0.3, -0.25) is 9.59 Å². The number of hydrogen-bond acceptors (Lipinski definition) is 4. The van der Waals surface area contributed by atoms with E-state index in [1.54, 1.807) is 4.90 Å². The van der Waals surface area contributed by atoms with Crippen molar-refractivity contribution in [1.29, 1.82) is 0 Å². The van der Waals surface area contributed by atoms with Crippen LogP contribution in [0.4, 0.5) is 0 Å². The molecule has 4 atom stereocenters. The number of hydrogen-bond donors (Lipinski definition) is 0. The predicted molar refractivity (Wildman–Crippen MR) is 91.6 cm³/mol. The quantitative estimate of drug-likeness (QED) is 0.609. The van der Waals surface area contributed by atoms with E-state index >= 15 is 0 Å². The Morgan fingerprint density at radius 1 is 1.36 bits per heavy atom. The van der Waals surface area contributed by atoms with Gasteiger partial charge in [-0.15, -0.1) is 0 Å². The van der Waals surface area contributed by atoms with Gasteiger partial charge < -0.3 is 14.4 Å². The predicted octanol–water partition coefficient (Wildman–Crippen LogP) is 2.23. The van der Waals surface area contributed by atoms with Crippen molar-refractivity contribution in [2.45, 2.75) is 38.5 Å². The van der Waals surface area contributed by atoms with Gasteiger partial charge in [0.25, 0.3) is 0 Å². The van der Waals surface area contributed by atoms with E-state index in [-0.39, 0.29) is 18.0 Å². The fraction of sp³-hybridized carbons (Fsp3) is 0.500.